The molecule has 3 rings (SSSR count). The Hall–Kier alpha value is -2.69. The minimum Gasteiger partial charge on any atom is -0.490 e. The van der Waals surface area contributed by atoms with Crippen LogP contribution >= 0.6 is 0 Å². The number of ether oxygens (including phenoxy) is 3. The molecule has 1 fully saturated rings. The standard InChI is InChI=1S/C19H21NO4/c1-2-22-17-10-6-7-11-18(17)23-14-16-12-20(13-19(21)24-16)15-8-4-3-5-9-15/h3-11,16H,2,12-14H2,1H3. The van der Waals surface area contributed by atoms with E-state index in [9.17, 15) is 4.79 Å². The van der Waals surface area contributed by atoms with Crippen molar-refractivity contribution in [2.45, 2.75) is 13.0 Å². The third-order valence-electron chi connectivity index (χ3n) is 3.74. The third-order valence-corrected chi connectivity index (χ3v) is 3.74. The molecule has 1 saturated heterocycles. The summed E-state index contributed by atoms with van der Waals surface area (Å²) in [4.78, 5) is 13.9. The number of anilines is 1. The second-order valence-corrected chi connectivity index (χ2v) is 5.52. The van der Waals surface area contributed by atoms with Crippen molar-refractivity contribution in [3.8, 4) is 11.5 Å². The average molecular weight is 327 g/mol. The van der Waals surface area contributed by atoms with Crippen LogP contribution in [0.3, 0.4) is 0 Å². The fourth-order valence-electron chi connectivity index (χ4n) is 2.68. The van der Waals surface area contributed by atoms with Gasteiger partial charge < -0.3 is 19.1 Å². The van der Waals surface area contributed by atoms with Gasteiger partial charge in [-0.05, 0) is 31.2 Å². The predicted octanol–water partition coefficient (Wildman–Crippen LogP) is 2.90. The molecule has 5 heteroatoms. The molecule has 2 aromatic rings. The van der Waals surface area contributed by atoms with Crippen LogP contribution in [0.2, 0.25) is 0 Å². The summed E-state index contributed by atoms with van der Waals surface area (Å²) in [7, 11) is 0. The van der Waals surface area contributed by atoms with E-state index in [1.807, 2.05) is 66.4 Å². The van der Waals surface area contributed by atoms with Crippen LogP contribution in [0.15, 0.2) is 54.6 Å². The highest BCUT2D eigenvalue weighted by Gasteiger charge is 2.27. The van der Waals surface area contributed by atoms with Gasteiger partial charge in [0.25, 0.3) is 0 Å². The Balaban J connectivity index is 1.64. The van der Waals surface area contributed by atoms with Crippen LogP contribution in [0.25, 0.3) is 0 Å². The van der Waals surface area contributed by atoms with Crippen LogP contribution < -0.4 is 14.4 Å². The van der Waals surface area contributed by atoms with Gasteiger partial charge in [-0.15, -0.1) is 0 Å². The van der Waals surface area contributed by atoms with Gasteiger partial charge in [0, 0.05) is 5.69 Å². The molecule has 1 heterocycles. The van der Waals surface area contributed by atoms with Gasteiger partial charge in [-0.1, -0.05) is 30.3 Å². The van der Waals surface area contributed by atoms with E-state index in [0.29, 0.717) is 31.3 Å². The quantitative estimate of drug-likeness (QED) is 0.764. The molecule has 0 bridgehead atoms. The largest absolute Gasteiger partial charge is 0.490 e. The number of hydrogen-bond donors (Lipinski definition) is 0. The predicted molar refractivity (Wildman–Crippen MR) is 91.6 cm³/mol. The topological polar surface area (TPSA) is 48.0 Å². The van der Waals surface area contributed by atoms with Crippen molar-refractivity contribution >= 4 is 11.7 Å². The van der Waals surface area contributed by atoms with E-state index in [-0.39, 0.29) is 18.6 Å². The SMILES string of the molecule is CCOc1ccccc1OCC1CN(c2ccccc2)CC(=O)O1. The van der Waals surface area contributed by atoms with Crippen molar-refractivity contribution in [1.82, 2.24) is 0 Å². The molecule has 1 aliphatic rings. The van der Waals surface area contributed by atoms with Gasteiger partial charge in [0.2, 0.25) is 0 Å². The van der Waals surface area contributed by atoms with Crippen molar-refractivity contribution in [2.24, 2.45) is 0 Å². The van der Waals surface area contributed by atoms with Gasteiger partial charge in [0.1, 0.15) is 13.2 Å². The summed E-state index contributed by atoms with van der Waals surface area (Å²) < 4.78 is 16.8. The molecular weight excluding hydrogens is 306 g/mol. The summed E-state index contributed by atoms with van der Waals surface area (Å²) >= 11 is 0. The number of carbonyl (C=O) groups is 1. The number of benzene rings is 2. The van der Waals surface area contributed by atoms with Gasteiger partial charge in [0.15, 0.2) is 17.6 Å². The first-order chi connectivity index (χ1) is 11.8. The first kappa shape index (κ1) is 16.2. The van der Waals surface area contributed by atoms with Crippen LogP contribution in [0.1, 0.15) is 6.92 Å². The number of carbonyl (C=O) groups excluding carboxylic acids is 1. The minimum atomic E-state index is -0.318. The van der Waals surface area contributed by atoms with Crippen LogP contribution in [-0.2, 0) is 9.53 Å². The Morgan fingerprint density at radius 3 is 2.42 bits per heavy atom. The van der Waals surface area contributed by atoms with Crippen LogP contribution in [0.5, 0.6) is 11.5 Å². The third kappa shape index (κ3) is 3.98. The zero-order valence-corrected chi connectivity index (χ0v) is 13.7. The number of cyclic esters (lactones) is 1. The van der Waals surface area contributed by atoms with E-state index >= 15 is 0 Å². The number of hydrogen-bond acceptors (Lipinski definition) is 5. The van der Waals surface area contributed by atoms with Gasteiger partial charge in [0.05, 0.1) is 13.2 Å². The Labute approximate surface area is 141 Å². The van der Waals surface area contributed by atoms with Crippen LogP contribution in [0.4, 0.5) is 5.69 Å². The minimum absolute atomic E-state index is 0.239. The number of para-hydroxylation sites is 3. The van der Waals surface area contributed by atoms with Crippen molar-refractivity contribution in [1.29, 1.82) is 0 Å². The Bertz CT molecular complexity index is 674. The molecule has 0 radical (unpaired) electrons. The van der Waals surface area contributed by atoms with Gasteiger partial charge in [-0.2, -0.15) is 0 Å². The summed E-state index contributed by atoms with van der Waals surface area (Å²) in [6, 6.07) is 17.3. The van der Waals surface area contributed by atoms with E-state index in [1.165, 1.54) is 0 Å². The summed E-state index contributed by atoms with van der Waals surface area (Å²) in [5.74, 6) is 1.12. The van der Waals surface area contributed by atoms with Gasteiger partial charge in [-0.3, -0.25) is 4.79 Å². The summed E-state index contributed by atoms with van der Waals surface area (Å²) in [6.45, 7) is 3.65. The number of rotatable bonds is 6. The maximum Gasteiger partial charge on any atom is 0.326 e. The molecule has 126 valence electrons. The molecule has 0 aliphatic carbocycles. The number of nitrogens with zero attached hydrogens (tertiary/aromatic N) is 1. The second-order valence-electron chi connectivity index (χ2n) is 5.52. The molecule has 5 nitrogen and oxygen atoms in total. The zero-order valence-electron chi connectivity index (χ0n) is 13.7. The van der Waals surface area contributed by atoms with E-state index < -0.39 is 0 Å². The van der Waals surface area contributed by atoms with Crippen molar-refractivity contribution < 1.29 is 19.0 Å². The number of morpholine rings is 1. The van der Waals surface area contributed by atoms with Crippen molar-refractivity contribution in [2.75, 3.05) is 31.2 Å². The molecule has 2 aromatic carbocycles. The van der Waals surface area contributed by atoms with Crippen LogP contribution in [-0.4, -0.2) is 38.4 Å². The fraction of sp³-hybridized carbons (Fsp3) is 0.316. The van der Waals surface area contributed by atoms with E-state index in [0.717, 1.165) is 5.69 Å². The van der Waals surface area contributed by atoms with Gasteiger partial charge >= 0.3 is 5.97 Å². The smallest absolute Gasteiger partial charge is 0.326 e. The fourth-order valence-corrected chi connectivity index (χ4v) is 2.68. The van der Waals surface area contributed by atoms with Gasteiger partial charge in [-0.25, -0.2) is 0 Å². The Kier molecular flexibility index (Phi) is 5.21. The molecule has 0 aromatic heterocycles. The molecule has 24 heavy (non-hydrogen) atoms. The lowest BCUT2D eigenvalue weighted by Crippen LogP contribution is -2.47. The lowest BCUT2D eigenvalue weighted by Gasteiger charge is -2.33. The maximum absolute atomic E-state index is 11.9. The Morgan fingerprint density at radius 1 is 1.04 bits per heavy atom. The first-order valence-corrected chi connectivity index (χ1v) is 8.10. The highest BCUT2D eigenvalue weighted by molar-refractivity contribution is 5.77. The van der Waals surface area contributed by atoms with Crippen molar-refractivity contribution in [3.63, 3.8) is 0 Å². The van der Waals surface area contributed by atoms with E-state index in [4.69, 9.17) is 14.2 Å². The normalized spacial score (nSPS) is 17.3. The maximum atomic E-state index is 11.9. The van der Waals surface area contributed by atoms with E-state index in [1.54, 1.807) is 0 Å². The molecule has 1 unspecified atom stereocenters. The monoisotopic (exact) mass is 327 g/mol. The molecule has 1 aliphatic heterocycles. The first-order valence-electron chi connectivity index (χ1n) is 8.10. The lowest BCUT2D eigenvalue weighted by atomic mass is 10.2. The van der Waals surface area contributed by atoms with Crippen molar-refractivity contribution in [3.05, 3.63) is 54.6 Å². The molecule has 0 N–H and O–H groups in total. The number of esters is 1. The molecule has 0 spiro atoms. The molecule has 0 amide bonds. The highest BCUT2D eigenvalue weighted by atomic mass is 16.6. The molecule has 0 saturated carbocycles. The molecule has 1 atom stereocenters. The zero-order chi connectivity index (χ0) is 16.8. The highest BCUT2D eigenvalue weighted by Crippen LogP contribution is 2.27. The Morgan fingerprint density at radius 2 is 1.71 bits per heavy atom. The lowest BCUT2D eigenvalue weighted by molar-refractivity contribution is -0.151. The summed E-state index contributed by atoms with van der Waals surface area (Å²) in [5.41, 5.74) is 1.01. The average Bonchev–Trinajstić information content (AvgIpc) is 2.61. The summed E-state index contributed by atoms with van der Waals surface area (Å²) in [5, 5.41) is 0. The van der Waals surface area contributed by atoms with Crippen LogP contribution in [0, 0.1) is 0 Å². The molecular formula is C19H21NO4. The van der Waals surface area contributed by atoms with E-state index in [2.05, 4.69) is 0 Å². The summed E-state index contributed by atoms with van der Waals surface area (Å²) in [6.07, 6.45) is -0.318. The second kappa shape index (κ2) is 7.73.